The lowest BCUT2D eigenvalue weighted by molar-refractivity contribution is -0.128. The highest BCUT2D eigenvalue weighted by molar-refractivity contribution is 7.92. The number of carbonyl (C=O) groups is 2. The number of sulfone groups is 1. The third kappa shape index (κ3) is 5.29. The van der Waals surface area contributed by atoms with Crippen molar-refractivity contribution in [3.8, 4) is 0 Å². The van der Waals surface area contributed by atoms with Gasteiger partial charge in [0.2, 0.25) is 11.8 Å². The molecule has 2 N–H and O–H groups in total. The highest BCUT2D eigenvalue weighted by Crippen LogP contribution is 2.29. The van der Waals surface area contributed by atoms with Crippen molar-refractivity contribution in [1.82, 2.24) is 15.2 Å². The third-order valence-corrected chi connectivity index (χ3v) is 8.46. The van der Waals surface area contributed by atoms with E-state index in [1.165, 1.54) is 19.1 Å². The summed E-state index contributed by atoms with van der Waals surface area (Å²) >= 11 is 0. The summed E-state index contributed by atoms with van der Waals surface area (Å²) in [6.07, 6.45) is -0.759. The van der Waals surface area contributed by atoms with E-state index in [9.17, 15) is 23.1 Å². The molecule has 10 heteroatoms. The van der Waals surface area contributed by atoms with E-state index in [0.29, 0.717) is 17.5 Å². The fraction of sp³-hybridized carbons (Fsp3) is 0.400. The molecule has 0 aliphatic carbocycles. The van der Waals surface area contributed by atoms with Crippen LogP contribution in [0.2, 0.25) is 0 Å². The smallest absolute Gasteiger partial charge is 0.237 e. The van der Waals surface area contributed by atoms with E-state index >= 15 is 0 Å². The van der Waals surface area contributed by atoms with Crippen molar-refractivity contribution < 1.29 is 27.5 Å². The van der Waals surface area contributed by atoms with E-state index in [0.717, 1.165) is 0 Å². The van der Waals surface area contributed by atoms with E-state index in [1.807, 2.05) is 13.0 Å². The van der Waals surface area contributed by atoms with Crippen LogP contribution in [0.15, 0.2) is 63.9 Å². The number of carbonyl (C=O) groups excluding carboxylic acids is 2. The number of benzene rings is 2. The van der Waals surface area contributed by atoms with Crippen molar-refractivity contribution in [2.45, 2.75) is 55.0 Å². The van der Waals surface area contributed by atoms with Gasteiger partial charge < -0.3 is 14.8 Å². The van der Waals surface area contributed by atoms with Gasteiger partial charge in [-0.05, 0) is 44.0 Å². The number of fused-ring (bicyclic) bond motifs is 1. The predicted molar refractivity (Wildman–Crippen MR) is 129 cm³/mol. The molecule has 1 aromatic heterocycles. The highest BCUT2D eigenvalue weighted by Gasteiger charge is 2.44. The quantitative estimate of drug-likeness (QED) is 0.459. The Morgan fingerprint density at radius 3 is 2.51 bits per heavy atom. The standard InChI is InChI=1S/C25H29N3O6S/c1-3-19(23(30)25-27-20-11-7-8-12-22(20)34-25)26-24(31)21-13-18(15-28(21)14-16(2)29)35(32,33)17-9-5-4-6-10-17/h4-12,18-19,21,23,30H,3,13-15H2,1-2H3,(H,26,31)/t18-,19?,21+,23?/m1/s1. The molecule has 1 saturated heterocycles. The number of Topliss-reactive ketones (excluding diaryl/α,β-unsaturated/α-hetero) is 1. The van der Waals surface area contributed by atoms with E-state index in [4.69, 9.17) is 4.42 Å². The Labute approximate surface area is 204 Å². The minimum Gasteiger partial charge on any atom is -0.438 e. The number of likely N-dealkylation sites (tertiary alicyclic amines) is 1. The van der Waals surface area contributed by atoms with E-state index in [1.54, 1.807) is 41.3 Å². The molecular weight excluding hydrogens is 470 g/mol. The van der Waals surface area contributed by atoms with Crippen molar-refractivity contribution in [2.24, 2.45) is 0 Å². The molecule has 3 aromatic rings. The molecule has 2 aromatic carbocycles. The van der Waals surface area contributed by atoms with Crippen molar-refractivity contribution in [3.63, 3.8) is 0 Å². The number of hydrogen-bond acceptors (Lipinski definition) is 8. The second-order valence-electron chi connectivity index (χ2n) is 8.85. The molecule has 4 rings (SSSR count). The lowest BCUT2D eigenvalue weighted by atomic mass is 10.1. The first-order chi connectivity index (χ1) is 16.7. The molecule has 0 bridgehead atoms. The highest BCUT2D eigenvalue weighted by atomic mass is 32.2. The fourth-order valence-electron chi connectivity index (χ4n) is 4.49. The average Bonchev–Trinajstić information content (AvgIpc) is 3.47. The maximum atomic E-state index is 13.3. The lowest BCUT2D eigenvalue weighted by Gasteiger charge is -2.26. The number of para-hydroxylation sites is 2. The van der Waals surface area contributed by atoms with Crippen molar-refractivity contribution in [1.29, 1.82) is 0 Å². The van der Waals surface area contributed by atoms with Gasteiger partial charge in [0.25, 0.3) is 0 Å². The van der Waals surface area contributed by atoms with Crippen LogP contribution in [-0.2, 0) is 19.4 Å². The van der Waals surface area contributed by atoms with Gasteiger partial charge in [0.05, 0.1) is 28.8 Å². The zero-order valence-electron chi connectivity index (χ0n) is 19.6. The fourth-order valence-corrected chi connectivity index (χ4v) is 6.24. The molecule has 1 aliphatic rings. The van der Waals surface area contributed by atoms with Crippen molar-refractivity contribution >= 4 is 32.6 Å². The van der Waals surface area contributed by atoms with Gasteiger partial charge in [-0.1, -0.05) is 37.3 Å². The molecule has 1 aliphatic heterocycles. The largest absolute Gasteiger partial charge is 0.438 e. The van der Waals surface area contributed by atoms with Crippen LogP contribution in [-0.4, -0.2) is 65.5 Å². The molecule has 35 heavy (non-hydrogen) atoms. The Bertz CT molecular complexity index is 1270. The number of amides is 1. The zero-order chi connectivity index (χ0) is 25.2. The first kappa shape index (κ1) is 25.0. The molecule has 2 unspecified atom stereocenters. The Hall–Kier alpha value is -3.08. The summed E-state index contributed by atoms with van der Waals surface area (Å²) in [5, 5.41) is 12.9. The van der Waals surface area contributed by atoms with Gasteiger partial charge in [-0.15, -0.1) is 0 Å². The molecule has 2 heterocycles. The van der Waals surface area contributed by atoms with Crippen LogP contribution in [0.3, 0.4) is 0 Å². The van der Waals surface area contributed by atoms with E-state index < -0.39 is 39.2 Å². The molecule has 186 valence electrons. The number of aromatic nitrogens is 1. The van der Waals surface area contributed by atoms with E-state index in [2.05, 4.69) is 10.3 Å². The maximum Gasteiger partial charge on any atom is 0.237 e. The molecular formula is C25H29N3O6S. The van der Waals surface area contributed by atoms with Crippen LogP contribution in [0.4, 0.5) is 0 Å². The average molecular weight is 500 g/mol. The Morgan fingerprint density at radius 1 is 1.17 bits per heavy atom. The van der Waals surface area contributed by atoms with Gasteiger partial charge >= 0.3 is 0 Å². The van der Waals surface area contributed by atoms with Crippen LogP contribution in [0.1, 0.15) is 38.7 Å². The molecule has 1 amide bonds. The molecule has 4 atom stereocenters. The number of ketones is 1. The molecule has 0 saturated carbocycles. The molecule has 9 nitrogen and oxygen atoms in total. The summed E-state index contributed by atoms with van der Waals surface area (Å²) in [5.74, 6) is -0.520. The number of aliphatic hydroxyl groups excluding tert-OH is 1. The van der Waals surface area contributed by atoms with E-state index in [-0.39, 0.29) is 36.1 Å². The molecule has 1 fully saturated rings. The number of nitrogens with one attached hydrogen (secondary N) is 1. The second-order valence-corrected chi connectivity index (χ2v) is 11.1. The van der Waals surface area contributed by atoms with Gasteiger partial charge in [0.15, 0.2) is 21.5 Å². The van der Waals surface area contributed by atoms with Gasteiger partial charge in [0, 0.05) is 6.54 Å². The number of hydrogen-bond donors (Lipinski definition) is 2. The summed E-state index contributed by atoms with van der Waals surface area (Å²) in [5.41, 5.74) is 1.13. The number of nitrogens with zero attached hydrogens (tertiary/aromatic N) is 2. The van der Waals surface area contributed by atoms with Crippen molar-refractivity contribution in [2.75, 3.05) is 13.1 Å². The van der Waals surface area contributed by atoms with Crippen LogP contribution in [0.5, 0.6) is 0 Å². The van der Waals surface area contributed by atoms with Crippen LogP contribution >= 0.6 is 0 Å². The second kappa shape index (κ2) is 10.3. The van der Waals surface area contributed by atoms with Crippen LogP contribution in [0, 0.1) is 0 Å². The Balaban J connectivity index is 1.52. The number of rotatable bonds is 9. The van der Waals surface area contributed by atoms with Crippen LogP contribution < -0.4 is 5.32 Å². The van der Waals surface area contributed by atoms with Crippen molar-refractivity contribution in [3.05, 3.63) is 60.5 Å². The molecule has 0 radical (unpaired) electrons. The summed E-state index contributed by atoms with van der Waals surface area (Å²) in [4.78, 5) is 31.3. The SMILES string of the molecule is CCC(NC(=O)[C@@H]1C[C@@H](S(=O)(=O)c2ccccc2)CN1CC(C)=O)C(O)c1nc2ccccc2o1. The Morgan fingerprint density at radius 2 is 1.86 bits per heavy atom. The first-order valence-corrected chi connectivity index (χ1v) is 13.1. The van der Waals surface area contributed by atoms with Gasteiger partial charge in [-0.3, -0.25) is 14.5 Å². The zero-order valence-corrected chi connectivity index (χ0v) is 20.4. The van der Waals surface area contributed by atoms with Gasteiger partial charge in [-0.25, -0.2) is 13.4 Å². The first-order valence-electron chi connectivity index (χ1n) is 11.6. The van der Waals surface area contributed by atoms with Crippen LogP contribution in [0.25, 0.3) is 11.1 Å². The summed E-state index contributed by atoms with van der Waals surface area (Å²) in [7, 11) is -3.69. The predicted octanol–water partition coefficient (Wildman–Crippen LogP) is 2.26. The maximum absolute atomic E-state index is 13.3. The van der Waals surface area contributed by atoms with Gasteiger partial charge in [-0.2, -0.15) is 0 Å². The minimum absolute atomic E-state index is 0.0383. The molecule has 0 spiro atoms. The minimum atomic E-state index is -3.69. The monoisotopic (exact) mass is 499 g/mol. The van der Waals surface area contributed by atoms with Gasteiger partial charge in [0.1, 0.15) is 11.3 Å². The summed E-state index contributed by atoms with van der Waals surface area (Å²) in [6.45, 7) is 3.24. The third-order valence-electron chi connectivity index (χ3n) is 6.32. The number of aliphatic hydroxyl groups is 1. The summed E-state index contributed by atoms with van der Waals surface area (Å²) < 4.78 is 32.0. The Kier molecular flexibility index (Phi) is 7.34. The topological polar surface area (TPSA) is 130 Å². The summed E-state index contributed by atoms with van der Waals surface area (Å²) in [6, 6.07) is 13.7. The lowest BCUT2D eigenvalue weighted by Crippen LogP contribution is -2.49. The number of oxazole rings is 1. The normalized spacial score (nSPS) is 20.5.